The first-order valence-electron chi connectivity index (χ1n) is 9.13. The van der Waals surface area contributed by atoms with Crippen molar-refractivity contribution in [3.05, 3.63) is 52.1 Å². The Labute approximate surface area is 172 Å². The van der Waals surface area contributed by atoms with Gasteiger partial charge in [-0.2, -0.15) is 0 Å². The van der Waals surface area contributed by atoms with Crippen molar-refractivity contribution in [1.29, 1.82) is 0 Å². The monoisotopic (exact) mass is 417 g/mol. The number of thioether (sulfide) groups is 1. The number of carbonyl (C=O) groups excluding carboxylic acids is 1. The molecule has 1 aromatic heterocycles. The molecule has 2 fully saturated rings. The summed E-state index contributed by atoms with van der Waals surface area (Å²) in [6, 6.07) is 11.1. The molecule has 8 heteroatoms. The van der Waals surface area contributed by atoms with Crippen LogP contribution < -0.4 is 4.90 Å². The minimum Gasteiger partial charge on any atom is -0.441 e. The number of amides is 1. The van der Waals surface area contributed by atoms with Crippen LogP contribution in [0.25, 0.3) is 6.08 Å². The molecule has 1 aromatic carbocycles. The van der Waals surface area contributed by atoms with Crippen molar-refractivity contribution in [1.82, 2.24) is 4.90 Å². The first-order chi connectivity index (χ1) is 13.7. The van der Waals surface area contributed by atoms with Gasteiger partial charge in [0.25, 0.3) is 5.91 Å². The van der Waals surface area contributed by atoms with Crippen LogP contribution in [0.5, 0.6) is 0 Å². The fourth-order valence-electron chi connectivity index (χ4n) is 3.02. The van der Waals surface area contributed by atoms with Gasteiger partial charge in [-0.05, 0) is 36.9 Å². The van der Waals surface area contributed by atoms with Crippen molar-refractivity contribution in [2.45, 2.75) is 6.92 Å². The van der Waals surface area contributed by atoms with Gasteiger partial charge in [0.05, 0.1) is 28.8 Å². The number of nitrogens with zero attached hydrogens (tertiary/aromatic N) is 3. The summed E-state index contributed by atoms with van der Waals surface area (Å²) < 4.78 is 11.3. The molecule has 2 aliphatic heterocycles. The number of halogens is 1. The molecule has 2 saturated heterocycles. The van der Waals surface area contributed by atoms with Gasteiger partial charge in [0.15, 0.2) is 11.1 Å². The van der Waals surface area contributed by atoms with E-state index in [2.05, 4.69) is 9.89 Å². The van der Waals surface area contributed by atoms with E-state index in [1.807, 2.05) is 37.3 Å². The molecule has 0 radical (unpaired) electrons. The third-order valence-electron chi connectivity index (χ3n) is 4.48. The number of carbonyl (C=O) groups is 1. The van der Waals surface area contributed by atoms with Crippen LogP contribution in [0.1, 0.15) is 12.7 Å². The minimum atomic E-state index is -0.0809. The lowest BCUT2D eigenvalue weighted by Gasteiger charge is -2.26. The second-order valence-electron chi connectivity index (χ2n) is 6.28. The quantitative estimate of drug-likeness (QED) is 0.690. The van der Waals surface area contributed by atoms with Crippen molar-refractivity contribution in [2.75, 3.05) is 37.7 Å². The Kier molecular flexibility index (Phi) is 5.75. The molecule has 0 N–H and O–H groups in total. The Morgan fingerprint density at radius 3 is 2.75 bits per heavy atom. The summed E-state index contributed by atoms with van der Waals surface area (Å²) >= 11 is 7.54. The third kappa shape index (κ3) is 3.97. The summed E-state index contributed by atoms with van der Waals surface area (Å²) in [4.78, 5) is 21.7. The minimum absolute atomic E-state index is 0.0809. The molecular weight excluding hydrogens is 398 g/mol. The number of rotatable bonds is 4. The van der Waals surface area contributed by atoms with Crippen LogP contribution in [0.2, 0.25) is 5.02 Å². The first-order valence-corrected chi connectivity index (χ1v) is 10.3. The summed E-state index contributed by atoms with van der Waals surface area (Å²) in [5.74, 6) is 1.36. The van der Waals surface area contributed by atoms with Crippen LogP contribution in [0.15, 0.2) is 50.7 Å². The summed E-state index contributed by atoms with van der Waals surface area (Å²) in [6.07, 6.45) is 1.77. The van der Waals surface area contributed by atoms with Crippen molar-refractivity contribution in [2.24, 2.45) is 4.99 Å². The van der Waals surface area contributed by atoms with Crippen molar-refractivity contribution in [3.8, 4) is 0 Å². The van der Waals surface area contributed by atoms with Gasteiger partial charge in [-0.25, -0.2) is 4.99 Å². The van der Waals surface area contributed by atoms with Gasteiger partial charge in [0.1, 0.15) is 5.76 Å². The van der Waals surface area contributed by atoms with Gasteiger partial charge < -0.3 is 14.1 Å². The van der Waals surface area contributed by atoms with Gasteiger partial charge in [-0.1, -0.05) is 23.7 Å². The molecule has 0 aliphatic carbocycles. The van der Waals surface area contributed by atoms with E-state index in [4.69, 9.17) is 20.8 Å². The predicted molar refractivity (Wildman–Crippen MR) is 113 cm³/mol. The van der Waals surface area contributed by atoms with Gasteiger partial charge in [0.2, 0.25) is 0 Å². The lowest BCUT2D eigenvalue weighted by Crippen LogP contribution is -2.35. The Morgan fingerprint density at radius 1 is 1.21 bits per heavy atom. The largest absolute Gasteiger partial charge is 0.441 e. The molecule has 0 bridgehead atoms. The maximum atomic E-state index is 12.8. The van der Waals surface area contributed by atoms with E-state index in [0.717, 1.165) is 19.0 Å². The number of amidine groups is 1. The molecule has 1 amide bonds. The molecule has 2 aliphatic rings. The highest BCUT2D eigenvalue weighted by atomic mass is 35.5. The molecule has 0 unspecified atom stereocenters. The molecule has 0 spiro atoms. The molecule has 28 heavy (non-hydrogen) atoms. The molecule has 3 heterocycles. The number of anilines is 1. The Hall–Kier alpha value is -2.22. The summed E-state index contributed by atoms with van der Waals surface area (Å²) in [5, 5.41) is 1.17. The molecule has 0 saturated carbocycles. The van der Waals surface area contributed by atoms with E-state index in [9.17, 15) is 4.79 Å². The van der Waals surface area contributed by atoms with E-state index in [1.165, 1.54) is 11.8 Å². The average Bonchev–Trinajstić information content (AvgIpc) is 3.29. The number of aliphatic imine (C=N–C) groups is 1. The Bertz CT molecular complexity index is 934. The van der Waals surface area contributed by atoms with Gasteiger partial charge in [0, 0.05) is 31.8 Å². The van der Waals surface area contributed by atoms with Crippen molar-refractivity contribution in [3.63, 3.8) is 0 Å². The second kappa shape index (κ2) is 8.43. The zero-order valence-corrected chi connectivity index (χ0v) is 17.0. The highest BCUT2D eigenvalue weighted by Gasteiger charge is 2.32. The Morgan fingerprint density at radius 2 is 2.00 bits per heavy atom. The van der Waals surface area contributed by atoms with Gasteiger partial charge >= 0.3 is 0 Å². The smallest absolute Gasteiger partial charge is 0.266 e. The third-order valence-corrected chi connectivity index (χ3v) is 5.81. The number of benzene rings is 1. The average molecular weight is 418 g/mol. The molecule has 0 atom stereocenters. The van der Waals surface area contributed by atoms with Crippen LogP contribution in [0.3, 0.4) is 0 Å². The Balaban J connectivity index is 1.57. The highest BCUT2D eigenvalue weighted by Crippen LogP contribution is 2.36. The maximum absolute atomic E-state index is 12.8. The molecular formula is C20H20ClN3O3S. The van der Waals surface area contributed by atoms with Crippen LogP contribution in [-0.2, 0) is 9.53 Å². The van der Waals surface area contributed by atoms with Gasteiger partial charge in [-0.3, -0.25) is 9.69 Å². The topological polar surface area (TPSA) is 58.3 Å². The summed E-state index contributed by atoms with van der Waals surface area (Å²) in [6.45, 7) is 5.44. The molecule has 4 rings (SSSR count). The second-order valence-corrected chi connectivity index (χ2v) is 7.70. The molecule has 146 valence electrons. The van der Waals surface area contributed by atoms with E-state index >= 15 is 0 Å². The number of furan rings is 1. The van der Waals surface area contributed by atoms with E-state index < -0.39 is 0 Å². The summed E-state index contributed by atoms with van der Waals surface area (Å²) in [7, 11) is 0. The lowest BCUT2D eigenvalue weighted by molar-refractivity contribution is -0.122. The SMILES string of the molecule is CCN1C(=O)/C(=C\c2ccc(N3CCOCC3)o2)SC1=Nc1ccccc1Cl. The number of ether oxygens (including phenoxy) is 1. The van der Waals surface area contributed by atoms with E-state index in [-0.39, 0.29) is 5.91 Å². The predicted octanol–water partition coefficient (Wildman–Crippen LogP) is 4.39. The molecule has 6 nitrogen and oxygen atoms in total. The van der Waals surface area contributed by atoms with Crippen LogP contribution in [0.4, 0.5) is 11.6 Å². The summed E-state index contributed by atoms with van der Waals surface area (Å²) in [5.41, 5.74) is 0.645. The maximum Gasteiger partial charge on any atom is 0.266 e. The van der Waals surface area contributed by atoms with E-state index in [1.54, 1.807) is 17.0 Å². The fraction of sp³-hybridized carbons (Fsp3) is 0.300. The number of morpholine rings is 1. The fourth-order valence-corrected chi connectivity index (χ4v) is 4.23. The molecule has 2 aromatic rings. The van der Waals surface area contributed by atoms with Crippen molar-refractivity contribution >= 4 is 52.1 Å². The number of likely N-dealkylation sites (N-methyl/N-ethyl adjacent to an activating group) is 1. The van der Waals surface area contributed by atoms with Crippen LogP contribution >= 0.6 is 23.4 Å². The van der Waals surface area contributed by atoms with E-state index in [0.29, 0.717) is 46.3 Å². The normalized spacial score (nSPS) is 20.6. The lowest BCUT2D eigenvalue weighted by atomic mass is 10.3. The van der Waals surface area contributed by atoms with Crippen LogP contribution in [0, 0.1) is 0 Å². The highest BCUT2D eigenvalue weighted by molar-refractivity contribution is 8.18. The number of para-hydroxylation sites is 1. The van der Waals surface area contributed by atoms with Gasteiger partial charge in [-0.15, -0.1) is 0 Å². The van der Waals surface area contributed by atoms with Crippen LogP contribution in [-0.4, -0.2) is 48.8 Å². The standard InChI is InChI=1S/C20H20ClN3O3S/c1-2-24-19(25)17(28-20(24)22-16-6-4-3-5-15(16)21)13-14-7-8-18(27-14)23-9-11-26-12-10-23/h3-8,13H,2,9-12H2,1H3/b17-13+,22-20?. The first kappa shape index (κ1) is 19.1. The number of hydrogen-bond acceptors (Lipinski definition) is 6. The zero-order valence-electron chi connectivity index (χ0n) is 15.4. The van der Waals surface area contributed by atoms with Crippen molar-refractivity contribution < 1.29 is 13.9 Å². The number of hydrogen-bond donors (Lipinski definition) is 0. The zero-order chi connectivity index (χ0) is 19.5.